The fraction of sp³-hybridized carbons (Fsp3) is 0.316. The highest BCUT2D eigenvalue weighted by Crippen LogP contribution is 2.53. The summed E-state index contributed by atoms with van der Waals surface area (Å²) in [5.41, 5.74) is 3.85. The Labute approximate surface area is 140 Å². The lowest BCUT2D eigenvalue weighted by Crippen LogP contribution is -2.44. The van der Waals surface area contributed by atoms with Crippen LogP contribution < -0.4 is 5.32 Å². The van der Waals surface area contributed by atoms with Gasteiger partial charge in [0.2, 0.25) is 0 Å². The van der Waals surface area contributed by atoms with Crippen molar-refractivity contribution >= 4 is 17.3 Å². The third-order valence-corrected chi connectivity index (χ3v) is 5.40. The van der Waals surface area contributed by atoms with Gasteiger partial charge in [0.15, 0.2) is 0 Å². The average Bonchev–Trinajstić information content (AvgIpc) is 3.07. The summed E-state index contributed by atoms with van der Waals surface area (Å²) < 4.78 is 6.05. The molecule has 1 fully saturated rings. The van der Waals surface area contributed by atoms with Crippen LogP contribution in [0.5, 0.6) is 0 Å². The zero-order valence-corrected chi connectivity index (χ0v) is 13.6. The fourth-order valence-electron chi connectivity index (χ4n) is 3.92. The molecule has 116 valence electrons. The van der Waals surface area contributed by atoms with E-state index in [1.54, 1.807) is 0 Å². The van der Waals surface area contributed by atoms with E-state index < -0.39 is 0 Å². The van der Waals surface area contributed by atoms with Gasteiger partial charge >= 0.3 is 0 Å². The largest absolute Gasteiger partial charge is 0.375 e. The van der Waals surface area contributed by atoms with E-state index in [1.807, 2.05) is 42.5 Å². The molecule has 4 heteroatoms. The van der Waals surface area contributed by atoms with Crippen molar-refractivity contribution in [2.45, 2.75) is 25.0 Å². The van der Waals surface area contributed by atoms with E-state index >= 15 is 0 Å². The van der Waals surface area contributed by atoms with E-state index in [9.17, 15) is 0 Å². The SMILES string of the molecule is C[C@]1(c2ccc(C#N)cc2)Nc2ccc(Cl)cc2[C@H]2OCC[C@H]21. The molecule has 3 atom stereocenters. The minimum absolute atomic E-state index is 0.0607. The summed E-state index contributed by atoms with van der Waals surface area (Å²) in [7, 11) is 0. The highest BCUT2D eigenvalue weighted by atomic mass is 35.5. The van der Waals surface area contributed by atoms with Crippen molar-refractivity contribution in [1.29, 1.82) is 5.26 Å². The summed E-state index contributed by atoms with van der Waals surface area (Å²) in [6.45, 7) is 2.98. The van der Waals surface area contributed by atoms with Gasteiger partial charge in [-0.2, -0.15) is 5.26 Å². The van der Waals surface area contributed by atoms with E-state index in [1.165, 1.54) is 5.56 Å². The molecule has 0 aliphatic carbocycles. The third-order valence-electron chi connectivity index (χ3n) is 5.16. The van der Waals surface area contributed by atoms with Crippen LogP contribution in [0.4, 0.5) is 5.69 Å². The van der Waals surface area contributed by atoms with Crippen molar-refractivity contribution < 1.29 is 4.74 Å². The first-order valence-electron chi connectivity index (χ1n) is 7.82. The average molecular weight is 325 g/mol. The second-order valence-electron chi connectivity index (χ2n) is 6.43. The maximum absolute atomic E-state index is 9.01. The van der Waals surface area contributed by atoms with Gasteiger partial charge in [-0.15, -0.1) is 0 Å². The number of nitrogens with zero attached hydrogens (tertiary/aromatic N) is 1. The van der Waals surface area contributed by atoms with Gasteiger partial charge in [0.05, 0.1) is 23.3 Å². The van der Waals surface area contributed by atoms with Gasteiger partial charge in [0.1, 0.15) is 0 Å². The number of halogens is 1. The van der Waals surface area contributed by atoms with Crippen LogP contribution >= 0.6 is 11.6 Å². The minimum atomic E-state index is -0.226. The molecule has 0 saturated carbocycles. The third kappa shape index (κ3) is 2.22. The second-order valence-corrected chi connectivity index (χ2v) is 6.87. The van der Waals surface area contributed by atoms with Crippen LogP contribution in [0.25, 0.3) is 0 Å². The van der Waals surface area contributed by atoms with Crippen molar-refractivity contribution in [3.63, 3.8) is 0 Å². The maximum Gasteiger partial charge on any atom is 0.0991 e. The van der Waals surface area contributed by atoms with Crippen molar-refractivity contribution in [3.05, 3.63) is 64.2 Å². The Kier molecular flexibility index (Phi) is 3.33. The summed E-state index contributed by atoms with van der Waals surface area (Å²) in [6, 6.07) is 16.0. The monoisotopic (exact) mass is 324 g/mol. The molecule has 1 saturated heterocycles. The Hall–Kier alpha value is -2.02. The van der Waals surface area contributed by atoms with Gasteiger partial charge in [-0.3, -0.25) is 0 Å². The van der Waals surface area contributed by atoms with Gasteiger partial charge in [-0.25, -0.2) is 0 Å². The molecular weight excluding hydrogens is 308 g/mol. The summed E-state index contributed by atoms with van der Waals surface area (Å²) in [5.74, 6) is 0.335. The lowest BCUT2D eigenvalue weighted by molar-refractivity contribution is 0.0686. The van der Waals surface area contributed by atoms with Gasteiger partial charge in [0, 0.05) is 28.8 Å². The molecule has 0 spiro atoms. The van der Waals surface area contributed by atoms with E-state index in [-0.39, 0.29) is 11.6 Å². The molecular formula is C19H17ClN2O. The normalized spacial score (nSPS) is 28.4. The standard InChI is InChI=1S/C19H17ClN2O/c1-19(13-4-2-12(11-21)3-5-13)16-8-9-23-18(16)15-10-14(20)6-7-17(15)22-19/h2-7,10,16,18,22H,8-9H2,1H3/t16-,18-,19-/m1/s1. The summed E-state index contributed by atoms with van der Waals surface area (Å²) in [5, 5.41) is 13.5. The highest BCUT2D eigenvalue weighted by Gasteiger charge is 2.48. The Morgan fingerprint density at radius 1 is 1.26 bits per heavy atom. The van der Waals surface area contributed by atoms with Crippen molar-refractivity contribution in [3.8, 4) is 6.07 Å². The number of anilines is 1. The Morgan fingerprint density at radius 3 is 2.78 bits per heavy atom. The summed E-state index contributed by atoms with van der Waals surface area (Å²) >= 11 is 6.17. The number of nitrogens with one attached hydrogen (secondary N) is 1. The summed E-state index contributed by atoms with van der Waals surface area (Å²) in [6.07, 6.45) is 1.06. The van der Waals surface area contributed by atoms with Crippen molar-refractivity contribution in [2.24, 2.45) is 5.92 Å². The number of fused-ring (bicyclic) bond motifs is 3. The molecule has 2 heterocycles. The molecule has 0 amide bonds. The summed E-state index contributed by atoms with van der Waals surface area (Å²) in [4.78, 5) is 0. The van der Waals surface area contributed by atoms with E-state index in [2.05, 4.69) is 18.3 Å². The number of ether oxygens (including phenoxy) is 1. The molecule has 0 aromatic heterocycles. The molecule has 0 radical (unpaired) electrons. The number of nitriles is 1. The quantitative estimate of drug-likeness (QED) is 0.831. The number of hydrogen-bond donors (Lipinski definition) is 1. The van der Waals surface area contributed by atoms with Gasteiger partial charge in [0.25, 0.3) is 0 Å². The predicted octanol–water partition coefficient (Wildman–Crippen LogP) is 4.63. The van der Waals surface area contributed by atoms with Crippen molar-refractivity contribution in [1.82, 2.24) is 0 Å². The Balaban J connectivity index is 1.82. The fourth-order valence-corrected chi connectivity index (χ4v) is 4.10. The molecule has 1 N–H and O–H groups in total. The van der Waals surface area contributed by atoms with Gasteiger partial charge in [-0.05, 0) is 49.2 Å². The van der Waals surface area contributed by atoms with E-state index in [4.69, 9.17) is 21.6 Å². The molecule has 0 unspecified atom stereocenters. The maximum atomic E-state index is 9.01. The van der Waals surface area contributed by atoms with E-state index in [0.29, 0.717) is 11.5 Å². The zero-order valence-electron chi connectivity index (χ0n) is 12.8. The number of rotatable bonds is 1. The van der Waals surface area contributed by atoms with Crippen LogP contribution in [0.2, 0.25) is 5.02 Å². The predicted molar refractivity (Wildman–Crippen MR) is 90.4 cm³/mol. The zero-order chi connectivity index (χ0) is 16.0. The molecule has 3 nitrogen and oxygen atoms in total. The van der Waals surface area contributed by atoms with Crippen molar-refractivity contribution in [2.75, 3.05) is 11.9 Å². The van der Waals surface area contributed by atoms with Crippen LogP contribution in [-0.2, 0) is 10.3 Å². The lowest BCUT2D eigenvalue weighted by Gasteiger charge is -2.45. The molecule has 0 bridgehead atoms. The van der Waals surface area contributed by atoms with Crippen LogP contribution in [-0.4, -0.2) is 6.61 Å². The lowest BCUT2D eigenvalue weighted by atomic mass is 9.71. The molecule has 2 aliphatic rings. The first-order valence-corrected chi connectivity index (χ1v) is 8.19. The molecule has 2 aliphatic heterocycles. The van der Waals surface area contributed by atoms with Crippen LogP contribution in [0.1, 0.15) is 36.1 Å². The second kappa shape index (κ2) is 5.26. The van der Waals surface area contributed by atoms with Gasteiger partial charge in [-0.1, -0.05) is 23.7 Å². The topological polar surface area (TPSA) is 45.0 Å². The number of benzene rings is 2. The smallest absolute Gasteiger partial charge is 0.0991 e. The number of hydrogen-bond acceptors (Lipinski definition) is 3. The molecule has 2 aromatic carbocycles. The minimum Gasteiger partial charge on any atom is -0.375 e. The van der Waals surface area contributed by atoms with Gasteiger partial charge < -0.3 is 10.1 Å². The highest BCUT2D eigenvalue weighted by molar-refractivity contribution is 6.30. The van der Waals surface area contributed by atoms with Crippen LogP contribution in [0, 0.1) is 17.2 Å². The molecule has 4 rings (SSSR count). The van der Waals surface area contributed by atoms with Crippen LogP contribution in [0.3, 0.4) is 0 Å². The molecule has 2 aromatic rings. The Morgan fingerprint density at radius 2 is 2.04 bits per heavy atom. The van der Waals surface area contributed by atoms with E-state index in [0.717, 1.165) is 29.3 Å². The Bertz CT molecular complexity index is 796. The molecule has 23 heavy (non-hydrogen) atoms. The van der Waals surface area contributed by atoms with Crippen LogP contribution in [0.15, 0.2) is 42.5 Å². The first kappa shape index (κ1) is 14.6. The first-order chi connectivity index (χ1) is 11.1.